The Hall–Kier alpha value is -14.7. The molecule has 0 saturated heterocycles. The first-order valence-corrected chi connectivity index (χ1v) is 33.3. The highest BCUT2D eigenvalue weighted by atomic mass is 19.2. The van der Waals surface area contributed by atoms with Crippen molar-refractivity contribution in [1.29, 1.82) is 0 Å². The third-order valence-electron chi connectivity index (χ3n) is 18.0. The maximum atomic E-state index is 17.5. The monoisotopic (exact) mass is 1530 g/mol. The van der Waals surface area contributed by atoms with Crippen molar-refractivity contribution in [2.75, 3.05) is 42.6 Å². The van der Waals surface area contributed by atoms with Gasteiger partial charge in [-0.3, -0.25) is 5.43 Å². The minimum absolute atomic E-state index is 0.0255. The van der Waals surface area contributed by atoms with E-state index >= 15 is 65.9 Å². The lowest BCUT2D eigenvalue weighted by atomic mass is 10.0. The summed E-state index contributed by atoms with van der Waals surface area (Å²) < 4.78 is 256. The van der Waals surface area contributed by atoms with Crippen molar-refractivity contribution in [2.24, 2.45) is 0 Å². The summed E-state index contributed by atoms with van der Waals surface area (Å²) in [6.45, 7) is 0. The van der Waals surface area contributed by atoms with E-state index in [1.165, 1.54) is 103 Å². The molecule has 2 aliphatic heterocycles. The van der Waals surface area contributed by atoms with Crippen molar-refractivity contribution >= 4 is 129 Å². The molecule has 0 amide bonds. The van der Waals surface area contributed by atoms with E-state index in [-0.39, 0.29) is 107 Å². The van der Waals surface area contributed by atoms with Crippen LogP contribution < -0.4 is 42.6 Å². The Morgan fingerprint density at radius 3 is 0.875 bits per heavy atom. The van der Waals surface area contributed by atoms with Gasteiger partial charge in [0.1, 0.15) is 57.8 Å². The smallest absolute Gasteiger partial charge is 0.198 e. The van der Waals surface area contributed by atoms with Crippen LogP contribution in [0.5, 0.6) is 0 Å². The molecule has 0 saturated carbocycles. The summed E-state index contributed by atoms with van der Waals surface area (Å²) in [5.41, 5.74) is -3.72. The fourth-order valence-corrected chi connectivity index (χ4v) is 12.9. The number of hydrogen-bond donors (Lipinski definition) is 9. The Labute approximate surface area is 618 Å². The van der Waals surface area contributed by atoms with Crippen LogP contribution in [-0.2, 0) is 0 Å². The molecule has 3 aromatic heterocycles. The third-order valence-corrected chi connectivity index (χ3v) is 18.0. The highest BCUT2D eigenvalue weighted by Crippen LogP contribution is 2.55. The SMILES string of the molecule is Fc1ccc(Nc2cc3c(c(Nc4ccc(F)cc4)c2Nc2ccc(F)cc2)-c2nc-3nc3[nH]c(nc4nc(nc5c6c(Nc7ccc(F)cc7)c(Nc7ccc(F)cc7)c(Nc7ccc(F)cc7)c(Nc7ccc(F)cc7)c6c(n2)n5Nc2ccc(F)cc2)-c2c(F)c(F)c(F)c(F)c2-4)c2c(F)c(F)c(F)c(F)c32)cc1. The molecule has 32 heteroatoms. The number of rotatable bonds is 16. The average Bonchev–Trinajstić information content (AvgIpc) is 1.51. The van der Waals surface area contributed by atoms with E-state index in [0.29, 0.717) is 0 Å². The first kappa shape index (κ1) is 70.3. The number of fused-ring (bicyclic) bond motifs is 20. The Kier molecular flexibility index (Phi) is 17.4. The molecule has 12 aromatic carbocycles. The van der Waals surface area contributed by atoms with Crippen molar-refractivity contribution in [1.82, 2.24) is 39.6 Å². The molecular weight excluding hydrogens is 1490 g/mol. The van der Waals surface area contributed by atoms with Crippen LogP contribution in [0.25, 0.3) is 89.7 Å². The van der Waals surface area contributed by atoms with Gasteiger partial charge in [0.2, 0.25) is 0 Å². The number of halogens is 16. The largest absolute Gasteiger partial charge is 0.354 e. The zero-order valence-corrected chi connectivity index (χ0v) is 56.2. The van der Waals surface area contributed by atoms with Crippen molar-refractivity contribution < 1.29 is 70.2 Å². The van der Waals surface area contributed by atoms with E-state index < -0.39 is 161 Å². The first-order valence-electron chi connectivity index (χ1n) is 33.3. The van der Waals surface area contributed by atoms with Crippen molar-refractivity contribution in [3.05, 3.63) is 293 Å². The molecule has 0 atom stereocenters. The summed E-state index contributed by atoms with van der Waals surface area (Å²) in [4.78, 5) is 31.2. The third kappa shape index (κ3) is 12.8. The maximum Gasteiger partial charge on any atom is 0.198 e. The molecule has 17 rings (SSSR count). The number of aromatic nitrogens is 8. The van der Waals surface area contributed by atoms with Gasteiger partial charge >= 0.3 is 0 Å². The molecule has 15 aromatic rings. The molecular formula is C80H42F16N16. The van der Waals surface area contributed by atoms with Crippen LogP contribution in [-0.4, -0.2) is 39.6 Å². The van der Waals surface area contributed by atoms with E-state index in [0.717, 1.165) is 102 Å². The lowest BCUT2D eigenvalue weighted by Crippen LogP contribution is -2.11. The van der Waals surface area contributed by atoms with Gasteiger partial charge < -0.3 is 42.2 Å². The molecule has 554 valence electrons. The standard InChI is InChI=1S/C80H42F16N16/c81-34-1-17-42(18-2-34)97-51-33-50-52(68(99-44-21-5-36(83)6-22-44)67(51)98-43-19-3-35(82)4-20-43)74-104-73(50)105-75-53-54(60(90)64(94)63(93)59(53)89)76(106-75)107-77-55-56(62(92)66(96)65(95)61(55)91)78(108-77)110-80-58-57(79(109-74)112(80)111-49-31-15-41(88)16-32-49)69(100-45-23-7-37(84)8-24-45)71(102-47-27-11-39(86)12-28-47)72(103-48-29-13-40(87)14-30-48)70(58)101-46-25-9-38(85)10-26-46/h1-33,97-103,111H,(H,104,105,106,107,108,109,110). The molecule has 0 fully saturated rings. The Morgan fingerprint density at radius 1 is 0.232 bits per heavy atom. The number of H-pyrrole nitrogens is 1. The van der Waals surface area contributed by atoms with E-state index in [9.17, 15) is 4.39 Å². The van der Waals surface area contributed by atoms with Crippen LogP contribution in [0.3, 0.4) is 0 Å². The predicted octanol–water partition coefficient (Wildman–Crippen LogP) is 22.6. The van der Waals surface area contributed by atoms with E-state index in [1.54, 1.807) is 0 Å². The average molecular weight is 1530 g/mol. The second-order valence-corrected chi connectivity index (χ2v) is 25.2. The molecule has 2 aliphatic rings. The topological polar surface area (TPSA) is 194 Å². The van der Waals surface area contributed by atoms with Gasteiger partial charge in [-0.05, 0) is 200 Å². The van der Waals surface area contributed by atoms with Crippen LogP contribution in [0, 0.1) is 93.1 Å². The molecule has 0 unspecified atom stereocenters. The lowest BCUT2D eigenvalue weighted by Gasteiger charge is -2.24. The molecule has 0 radical (unpaired) electrons. The number of aromatic amines is 1. The number of nitrogens with zero attached hydrogens (tertiary/aromatic N) is 7. The minimum Gasteiger partial charge on any atom is -0.354 e. The van der Waals surface area contributed by atoms with Gasteiger partial charge in [-0.1, -0.05) is 0 Å². The zero-order chi connectivity index (χ0) is 77.7. The normalized spacial score (nSPS) is 11.6. The van der Waals surface area contributed by atoms with Crippen LogP contribution in [0.15, 0.2) is 200 Å². The van der Waals surface area contributed by atoms with Crippen molar-refractivity contribution in [3.8, 4) is 45.6 Å². The van der Waals surface area contributed by atoms with E-state index in [4.69, 9.17) is 19.9 Å². The maximum absolute atomic E-state index is 17.5. The lowest BCUT2D eigenvalue weighted by molar-refractivity contribution is 0.412. The van der Waals surface area contributed by atoms with Gasteiger partial charge in [-0.25, -0.2) is 105 Å². The fraction of sp³-hybridized carbons (Fsp3) is 0. The molecule has 16 nitrogen and oxygen atoms in total. The molecule has 5 heterocycles. The fourth-order valence-electron chi connectivity index (χ4n) is 12.9. The number of hydrogen-bond acceptors (Lipinski definition) is 14. The Morgan fingerprint density at radius 2 is 0.509 bits per heavy atom. The second kappa shape index (κ2) is 27.8. The number of anilines is 15. The van der Waals surface area contributed by atoms with Gasteiger partial charge in [0.25, 0.3) is 0 Å². The summed E-state index contributed by atoms with van der Waals surface area (Å²) in [7, 11) is 0. The highest BCUT2D eigenvalue weighted by molar-refractivity contribution is 6.27. The summed E-state index contributed by atoms with van der Waals surface area (Å²) in [5.74, 6) is -27.9. The summed E-state index contributed by atoms with van der Waals surface area (Å²) in [6, 6.07) is 39.3. The Bertz CT molecular complexity index is 6540. The van der Waals surface area contributed by atoms with Gasteiger partial charge in [0.05, 0.1) is 83.7 Å². The summed E-state index contributed by atoms with van der Waals surface area (Å²) in [6.07, 6.45) is 0. The molecule has 0 spiro atoms. The van der Waals surface area contributed by atoms with Gasteiger partial charge in [-0.2, -0.15) is 0 Å². The molecule has 0 aliphatic carbocycles. The van der Waals surface area contributed by atoms with Crippen LogP contribution in [0.1, 0.15) is 0 Å². The van der Waals surface area contributed by atoms with E-state index in [1.807, 2.05) is 0 Å². The highest BCUT2D eigenvalue weighted by Gasteiger charge is 2.38. The molecule has 9 N–H and O–H groups in total. The van der Waals surface area contributed by atoms with Gasteiger partial charge in [-0.15, -0.1) is 0 Å². The quantitative estimate of drug-likeness (QED) is 0.0252. The number of benzene rings is 12. The summed E-state index contributed by atoms with van der Waals surface area (Å²) >= 11 is 0. The van der Waals surface area contributed by atoms with Crippen molar-refractivity contribution in [3.63, 3.8) is 0 Å². The van der Waals surface area contributed by atoms with Gasteiger partial charge in [0.15, 0.2) is 81.1 Å². The second-order valence-electron chi connectivity index (χ2n) is 25.2. The van der Waals surface area contributed by atoms with Crippen molar-refractivity contribution in [2.45, 2.75) is 0 Å². The van der Waals surface area contributed by atoms with Crippen LogP contribution in [0.4, 0.5) is 156 Å². The van der Waals surface area contributed by atoms with Crippen LogP contribution in [0.2, 0.25) is 0 Å². The van der Waals surface area contributed by atoms with E-state index in [2.05, 4.69) is 57.6 Å². The zero-order valence-electron chi connectivity index (χ0n) is 56.2. The molecule has 112 heavy (non-hydrogen) atoms. The predicted molar refractivity (Wildman–Crippen MR) is 393 cm³/mol. The summed E-state index contributed by atoms with van der Waals surface area (Å²) in [5, 5.41) is 19.9. The van der Waals surface area contributed by atoms with Gasteiger partial charge in [0, 0.05) is 45.4 Å². The van der Waals surface area contributed by atoms with Crippen LogP contribution >= 0.6 is 0 Å². The Balaban J connectivity index is 1.16. The minimum atomic E-state index is -2.47. The number of nitrogens with one attached hydrogen (secondary N) is 9. The molecule has 8 bridgehead atoms. The first-order chi connectivity index (χ1) is 54.0.